The Hall–Kier alpha value is -3.09. The lowest BCUT2D eigenvalue weighted by molar-refractivity contribution is -0.137. The maximum absolute atomic E-state index is 12.5. The molecule has 0 aliphatic heterocycles. The Bertz CT molecular complexity index is 1140. The third-order valence-electron chi connectivity index (χ3n) is 5.26. The van der Waals surface area contributed by atoms with Crippen molar-refractivity contribution in [1.29, 1.82) is 0 Å². The van der Waals surface area contributed by atoms with Crippen LogP contribution in [0.3, 0.4) is 0 Å². The van der Waals surface area contributed by atoms with Gasteiger partial charge in [0.25, 0.3) is 0 Å². The topological polar surface area (TPSA) is 110 Å². The first-order chi connectivity index (χ1) is 13.8. The van der Waals surface area contributed by atoms with Gasteiger partial charge >= 0.3 is 11.6 Å². The molecule has 3 rings (SSSR count). The second-order valence-electron chi connectivity index (χ2n) is 7.40. The van der Waals surface area contributed by atoms with Crippen LogP contribution in [-0.2, 0) is 16.0 Å². The van der Waals surface area contributed by atoms with Gasteiger partial charge < -0.3 is 19.3 Å². The average molecular weight is 399 g/mol. The highest BCUT2D eigenvalue weighted by atomic mass is 16.4. The second-order valence-corrected chi connectivity index (χ2v) is 7.40. The second kappa shape index (κ2) is 8.51. The van der Waals surface area contributed by atoms with Crippen LogP contribution in [0.5, 0.6) is 0 Å². The number of aryl methyl sites for hydroxylation is 3. The summed E-state index contributed by atoms with van der Waals surface area (Å²) >= 11 is 0. The van der Waals surface area contributed by atoms with Gasteiger partial charge in [-0.15, -0.1) is 0 Å². The molecule has 0 fully saturated rings. The number of carbonyl (C=O) groups excluding carboxylic acids is 1. The van der Waals surface area contributed by atoms with Crippen molar-refractivity contribution in [3.63, 3.8) is 0 Å². The predicted molar refractivity (Wildman–Crippen MR) is 109 cm³/mol. The molecular weight excluding hydrogens is 374 g/mol. The number of rotatable bonds is 8. The minimum atomic E-state index is -0.814. The van der Waals surface area contributed by atoms with Gasteiger partial charge in [0, 0.05) is 29.3 Å². The summed E-state index contributed by atoms with van der Waals surface area (Å²) in [4.78, 5) is 35.3. The van der Waals surface area contributed by atoms with E-state index in [9.17, 15) is 14.4 Å². The van der Waals surface area contributed by atoms with Crippen molar-refractivity contribution in [2.75, 3.05) is 6.54 Å². The van der Waals surface area contributed by atoms with Crippen molar-refractivity contribution in [3.8, 4) is 0 Å². The number of hydrogen-bond acceptors (Lipinski definition) is 5. The largest absolute Gasteiger partial charge is 0.481 e. The quantitative estimate of drug-likeness (QED) is 0.441. The van der Waals surface area contributed by atoms with Crippen molar-refractivity contribution < 1.29 is 23.5 Å². The summed E-state index contributed by atoms with van der Waals surface area (Å²) in [5.74, 6) is -1.07. The third kappa shape index (κ3) is 4.34. The van der Waals surface area contributed by atoms with Gasteiger partial charge in [-0.05, 0) is 50.8 Å². The lowest BCUT2D eigenvalue weighted by Crippen LogP contribution is -2.28. The van der Waals surface area contributed by atoms with Crippen LogP contribution in [0.15, 0.2) is 26.0 Å². The highest BCUT2D eigenvalue weighted by Crippen LogP contribution is 2.32. The van der Waals surface area contributed by atoms with Crippen molar-refractivity contribution >= 4 is 33.8 Å². The van der Waals surface area contributed by atoms with E-state index in [1.165, 1.54) is 0 Å². The first kappa shape index (κ1) is 20.6. The Morgan fingerprint density at radius 3 is 2.52 bits per heavy atom. The zero-order valence-electron chi connectivity index (χ0n) is 16.9. The van der Waals surface area contributed by atoms with Gasteiger partial charge in [0.15, 0.2) is 0 Å². The van der Waals surface area contributed by atoms with E-state index >= 15 is 0 Å². The average Bonchev–Trinajstić information content (AvgIpc) is 3.04. The van der Waals surface area contributed by atoms with Crippen LogP contribution in [-0.4, -0.2) is 23.5 Å². The van der Waals surface area contributed by atoms with E-state index in [0.717, 1.165) is 33.9 Å². The minimum absolute atomic E-state index is 0.0549. The van der Waals surface area contributed by atoms with E-state index in [4.69, 9.17) is 13.9 Å². The molecular formula is C22H25NO6. The van der Waals surface area contributed by atoms with Gasteiger partial charge in [-0.2, -0.15) is 0 Å². The summed E-state index contributed by atoms with van der Waals surface area (Å²) in [5.41, 5.74) is 3.51. The smallest absolute Gasteiger partial charge is 0.340 e. The molecule has 2 heterocycles. The summed E-state index contributed by atoms with van der Waals surface area (Å²) < 4.78 is 11.1. The number of amides is 1. The number of furan rings is 1. The fourth-order valence-corrected chi connectivity index (χ4v) is 3.55. The first-order valence-electron chi connectivity index (χ1n) is 9.71. The summed E-state index contributed by atoms with van der Waals surface area (Å²) in [5, 5.41) is 13.2. The molecule has 0 unspecified atom stereocenters. The van der Waals surface area contributed by atoms with Gasteiger partial charge in [-0.3, -0.25) is 9.59 Å². The summed E-state index contributed by atoms with van der Waals surface area (Å²) in [6, 6.07) is 1.94. The van der Waals surface area contributed by atoms with Crippen LogP contribution >= 0.6 is 0 Å². The molecule has 2 N–H and O–H groups in total. The Balaban J connectivity index is 1.76. The Kier molecular flexibility index (Phi) is 6.06. The number of nitrogens with one attached hydrogen (secondary N) is 1. The van der Waals surface area contributed by atoms with E-state index in [1.54, 1.807) is 6.26 Å². The molecule has 0 saturated heterocycles. The number of unbranched alkanes of at least 4 members (excludes halogenated alkanes) is 2. The standard InChI is InChI=1S/C22H25NO6/c1-12-11-28-20-14(3)21-16(9-15(12)20)13(2)17(22(27)29-21)10-18(24)23-8-6-4-5-7-19(25)26/h9,11H,4-8,10H2,1-3H3,(H,23,24)(H,25,26). The van der Waals surface area contributed by atoms with Gasteiger partial charge in [-0.25, -0.2) is 4.79 Å². The number of carboxylic acid groups (broad SMARTS) is 1. The molecule has 1 amide bonds. The number of carboxylic acids is 1. The molecule has 0 bridgehead atoms. The summed E-state index contributed by atoms with van der Waals surface area (Å²) in [6.45, 7) is 6.09. The van der Waals surface area contributed by atoms with E-state index in [0.29, 0.717) is 36.1 Å². The van der Waals surface area contributed by atoms with Crippen molar-refractivity contribution in [3.05, 3.63) is 45.0 Å². The molecule has 0 saturated carbocycles. The molecule has 29 heavy (non-hydrogen) atoms. The normalized spacial score (nSPS) is 11.3. The molecule has 3 aromatic rings. The molecule has 7 heteroatoms. The van der Waals surface area contributed by atoms with Crippen LogP contribution in [0.1, 0.15) is 47.9 Å². The van der Waals surface area contributed by atoms with Gasteiger partial charge in [0.1, 0.15) is 11.2 Å². The molecule has 0 radical (unpaired) electrons. The van der Waals surface area contributed by atoms with Crippen molar-refractivity contribution in [2.45, 2.75) is 52.9 Å². The van der Waals surface area contributed by atoms with E-state index in [2.05, 4.69) is 5.32 Å². The maximum atomic E-state index is 12.5. The fourth-order valence-electron chi connectivity index (χ4n) is 3.55. The molecule has 0 aliphatic carbocycles. The number of aliphatic carboxylic acids is 1. The monoisotopic (exact) mass is 399 g/mol. The molecule has 0 spiro atoms. The number of fused-ring (bicyclic) bond motifs is 2. The molecule has 1 aromatic carbocycles. The Morgan fingerprint density at radius 2 is 1.79 bits per heavy atom. The van der Waals surface area contributed by atoms with Gasteiger partial charge in [0.05, 0.1) is 18.2 Å². The van der Waals surface area contributed by atoms with Crippen molar-refractivity contribution in [1.82, 2.24) is 5.32 Å². The van der Waals surface area contributed by atoms with Crippen molar-refractivity contribution in [2.24, 2.45) is 0 Å². The first-order valence-corrected chi connectivity index (χ1v) is 9.71. The molecule has 2 aromatic heterocycles. The van der Waals surface area contributed by atoms with E-state index < -0.39 is 11.6 Å². The highest BCUT2D eigenvalue weighted by Gasteiger charge is 2.19. The zero-order chi connectivity index (χ0) is 21.1. The minimum Gasteiger partial charge on any atom is -0.481 e. The Labute approximate surface area is 167 Å². The zero-order valence-corrected chi connectivity index (χ0v) is 16.9. The Morgan fingerprint density at radius 1 is 1.03 bits per heavy atom. The number of benzene rings is 1. The molecule has 0 atom stereocenters. The maximum Gasteiger partial charge on any atom is 0.340 e. The van der Waals surface area contributed by atoms with Crippen LogP contribution in [0.25, 0.3) is 21.9 Å². The molecule has 154 valence electrons. The van der Waals surface area contributed by atoms with Crippen LogP contribution in [0.2, 0.25) is 0 Å². The third-order valence-corrected chi connectivity index (χ3v) is 5.26. The predicted octanol–water partition coefficient (Wildman–Crippen LogP) is 3.77. The lowest BCUT2D eigenvalue weighted by Gasteiger charge is -2.10. The highest BCUT2D eigenvalue weighted by molar-refractivity contribution is 6.00. The molecule has 0 aliphatic rings. The fraction of sp³-hybridized carbons (Fsp3) is 0.409. The lowest BCUT2D eigenvalue weighted by atomic mass is 9.99. The molecule has 7 nitrogen and oxygen atoms in total. The number of carbonyl (C=O) groups is 2. The van der Waals surface area contributed by atoms with E-state index in [1.807, 2.05) is 26.8 Å². The van der Waals surface area contributed by atoms with Crippen LogP contribution in [0, 0.1) is 20.8 Å². The van der Waals surface area contributed by atoms with Crippen LogP contribution in [0.4, 0.5) is 0 Å². The van der Waals surface area contributed by atoms with Gasteiger partial charge in [-0.1, -0.05) is 6.42 Å². The SMILES string of the molecule is Cc1coc2c(C)c3oc(=O)c(CC(=O)NCCCCCC(=O)O)c(C)c3cc12. The van der Waals surface area contributed by atoms with Crippen LogP contribution < -0.4 is 10.9 Å². The summed E-state index contributed by atoms with van der Waals surface area (Å²) in [6.07, 6.45) is 3.76. The summed E-state index contributed by atoms with van der Waals surface area (Å²) in [7, 11) is 0. The number of hydrogen-bond donors (Lipinski definition) is 2. The van der Waals surface area contributed by atoms with Gasteiger partial charge in [0.2, 0.25) is 5.91 Å². The van der Waals surface area contributed by atoms with E-state index in [-0.39, 0.29) is 18.7 Å².